The lowest BCUT2D eigenvalue weighted by molar-refractivity contribution is -0.109. The molecule has 122 valence electrons. The van der Waals surface area contributed by atoms with Crippen molar-refractivity contribution in [3.05, 3.63) is 24.0 Å². The third kappa shape index (κ3) is 2.89. The van der Waals surface area contributed by atoms with Gasteiger partial charge >= 0.3 is 12.2 Å². The molecule has 1 N–H and O–H groups in total. The first kappa shape index (κ1) is 15.1. The van der Waals surface area contributed by atoms with E-state index in [1.165, 1.54) is 23.1 Å². The van der Waals surface area contributed by atoms with Gasteiger partial charge in [0.1, 0.15) is 18.5 Å². The van der Waals surface area contributed by atoms with Gasteiger partial charge in [0, 0.05) is 0 Å². The number of halogens is 1. The first-order valence-electron chi connectivity index (χ1n) is 6.99. The molecule has 9 heteroatoms. The summed E-state index contributed by atoms with van der Waals surface area (Å²) in [5, 5.41) is 2.41. The number of carbonyl (C=O) groups is 3. The second kappa shape index (κ2) is 6.11. The fourth-order valence-electron chi connectivity index (χ4n) is 2.51. The zero-order valence-electron chi connectivity index (χ0n) is 12.0. The molecular weight excluding hydrogens is 309 g/mol. The maximum atomic E-state index is 14.3. The summed E-state index contributed by atoms with van der Waals surface area (Å²) in [6.07, 6.45) is -1.26. The van der Waals surface area contributed by atoms with Gasteiger partial charge in [-0.1, -0.05) is 0 Å². The lowest BCUT2D eigenvalue weighted by Crippen LogP contribution is -2.30. The average Bonchev–Trinajstić information content (AvgIpc) is 3.11. The Bertz CT molecular complexity index is 653. The third-order valence-electron chi connectivity index (χ3n) is 3.60. The Labute approximate surface area is 130 Å². The van der Waals surface area contributed by atoms with Crippen LogP contribution in [0.1, 0.15) is 0 Å². The van der Waals surface area contributed by atoms with Gasteiger partial charge in [0.15, 0.2) is 0 Å². The van der Waals surface area contributed by atoms with Crippen LogP contribution >= 0.6 is 0 Å². The Morgan fingerprint density at radius 3 is 2.78 bits per heavy atom. The van der Waals surface area contributed by atoms with E-state index in [0.29, 0.717) is 18.6 Å². The monoisotopic (exact) mass is 323 g/mol. The normalized spacial score (nSPS) is 20.5. The van der Waals surface area contributed by atoms with Crippen molar-refractivity contribution in [3.8, 4) is 0 Å². The number of ether oxygens (including phenoxy) is 2. The first-order chi connectivity index (χ1) is 11.1. The molecule has 2 fully saturated rings. The molecule has 0 radical (unpaired) electrons. The highest BCUT2D eigenvalue weighted by Gasteiger charge is 2.34. The Morgan fingerprint density at radius 1 is 1.30 bits per heavy atom. The number of benzene rings is 1. The van der Waals surface area contributed by atoms with E-state index in [9.17, 15) is 18.8 Å². The van der Waals surface area contributed by atoms with E-state index in [1.54, 1.807) is 0 Å². The van der Waals surface area contributed by atoms with Crippen LogP contribution in [-0.2, 0) is 14.3 Å². The van der Waals surface area contributed by atoms with Crippen LogP contribution in [0.2, 0.25) is 0 Å². The maximum Gasteiger partial charge on any atom is 0.414 e. The van der Waals surface area contributed by atoms with Gasteiger partial charge in [0.2, 0.25) is 6.41 Å². The number of rotatable bonds is 5. The van der Waals surface area contributed by atoms with Crippen LogP contribution in [0.5, 0.6) is 0 Å². The molecule has 2 saturated heterocycles. The molecular formula is C14H14FN3O5. The van der Waals surface area contributed by atoms with Gasteiger partial charge in [0.05, 0.1) is 31.0 Å². The average molecular weight is 323 g/mol. The van der Waals surface area contributed by atoms with Crippen LogP contribution in [0, 0.1) is 5.82 Å². The molecule has 2 aliphatic heterocycles. The van der Waals surface area contributed by atoms with E-state index in [1.807, 2.05) is 0 Å². The maximum absolute atomic E-state index is 14.3. The second-order valence-corrected chi connectivity index (χ2v) is 5.04. The summed E-state index contributed by atoms with van der Waals surface area (Å²) in [6.45, 7) is 0.891. The molecule has 3 rings (SSSR count). The van der Waals surface area contributed by atoms with Gasteiger partial charge in [-0.05, 0) is 18.2 Å². The lowest BCUT2D eigenvalue weighted by atomic mass is 10.2. The largest absolute Gasteiger partial charge is 0.447 e. The molecule has 1 aromatic carbocycles. The number of amides is 3. The summed E-state index contributed by atoms with van der Waals surface area (Å²) in [6, 6.07) is 4.12. The van der Waals surface area contributed by atoms with Crippen molar-refractivity contribution in [2.45, 2.75) is 6.10 Å². The molecule has 3 amide bonds. The smallest absolute Gasteiger partial charge is 0.414 e. The van der Waals surface area contributed by atoms with Crippen molar-refractivity contribution in [1.29, 1.82) is 0 Å². The number of hydrogen-bond donors (Lipinski definition) is 1. The summed E-state index contributed by atoms with van der Waals surface area (Å²) in [5.74, 6) is -0.650. The molecule has 1 aromatic rings. The van der Waals surface area contributed by atoms with Crippen molar-refractivity contribution < 1.29 is 28.2 Å². The number of anilines is 2. The Hall–Kier alpha value is -2.84. The minimum atomic E-state index is -0.685. The van der Waals surface area contributed by atoms with Gasteiger partial charge in [-0.3, -0.25) is 14.6 Å². The van der Waals surface area contributed by atoms with Crippen molar-refractivity contribution >= 4 is 30.0 Å². The SMILES string of the molecule is O=CNCC1CN(c2ccc(N3CCOC3=O)cc2F)C(=O)O1. The zero-order valence-corrected chi connectivity index (χ0v) is 12.0. The van der Waals surface area contributed by atoms with Gasteiger partial charge in [0.25, 0.3) is 0 Å². The van der Waals surface area contributed by atoms with E-state index in [4.69, 9.17) is 9.47 Å². The van der Waals surface area contributed by atoms with Gasteiger partial charge in [-0.25, -0.2) is 14.0 Å². The Balaban J connectivity index is 1.77. The van der Waals surface area contributed by atoms with Crippen LogP contribution in [0.25, 0.3) is 0 Å². The number of carbonyl (C=O) groups excluding carboxylic acids is 3. The van der Waals surface area contributed by atoms with E-state index < -0.39 is 24.1 Å². The molecule has 0 bridgehead atoms. The molecule has 2 heterocycles. The number of nitrogens with zero attached hydrogens (tertiary/aromatic N) is 2. The van der Waals surface area contributed by atoms with Crippen molar-refractivity contribution in [2.75, 3.05) is 36.0 Å². The molecule has 0 spiro atoms. The van der Waals surface area contributed by atoms with Crippen molar-refractivity contribution in [1.82, 2.24) is 5.32 Å². The van der Waals surface area contributed by atoms with E-state index >= 15 is 0 Å². The summed E-state index contributed by atoms with van der Waals surface area (Å²) < 4.78 is 24.2. The molecule has 23 heavy (non-hydrogen) atoms. The van der Waals surface area contributed by atoms with E-state index in [-0.39, 0.29) is 25.4 Å². The molecule has 8 nitrogen and oxygen atoms in total. The van der Waals surface area contributed by atoms with Crippen LogP contribution in [0.3, 0.4) is 0 Å². The zero-order chi connectivity index (χ0) is 16.4. The fraction of sp³-hybridized carbons (Fsp3) is 0.357. The Kier molecular flexibility index (Phi) is 4.00. The van der Waals surface area contributed by atoms with Crippen molar-refractivity contribution in [2.24, 2.45) is 0 Å². The summed E-state index contributed by atoms with van der Waals surface area (Å²) in [7, 11) is 0. The second-order valence-electron chi connectivity index (χ2n) is 5.04. The number of hydrogen-bond acceptors (Lipinski definition) is 5. The van der Waals surface area contributed by atoms with Gasteiger partial charge < -0.3 is 14.8 Å². The van der Waals surface area contributed by atoms with Crippen molar-refractivity contribution in [3.63, 3.8) is 0 Å². The molecule has 1 atom stereocenters. The van der Waals surface area contributed by atoms with E-state index in [2.05, 4.69) is 5.32 Å². The van der Waals surface area contributed by atoms with Gasteiger partial charge in [-0.2, -0.15) is 0 Å². The number of cyclic esters (lactones) is 2. The highest BCUT2D eigenvalue weighted by atomic mass is 19.1. The summed E-state index contributed by atoms with van der Waals surface area (Å²) >= 11 is 0. The molecule has 0 saturated carbocycles. The molecule has 2 aliphatic rings. The minimum absolute atomic E-state index is 0.0555. The quantitative estimate of drug-likeness (QED) is 0.812. The standard InChI is InChI=1S/C14H14FN3O5/c15-11-5-9(17-3-4-22-13(17)20)1-2-12(11)18-7-10(6-16-8-19)23-14(18)21/h1-2,5,8,10H,3-4,6-7H2,(H,16,19). The van der Waals surface area contributed by atoms with Crippen LogP contribution in [0.15, 0.2) is 18.2 Å². The van der Waals surface area contributed by atoms with Crippen LogP contribution in [-0.4, -0.2) is 50.9 Å². The number of nitrogens with one attached hydrogen (secondary N) is 1. The Morgan fingerprint density at radius 2 is 2.13 bits per heavy atom. The summed E-state index contributed by atoms with van der Waals surface area (Å²) in [4.78, 5) is 36.0. The first-order valence-corrected chi connectivity index (χ1v) is 6.99. The van der Waals surface area contributed by atoms with Gasteiger partial charge in [-0.15, -0.1) is 0 Å². The highest BCUT2D eigenvalue weighted by Crippen LogP contribution is 2.29. The molecule has 0 aromatic heterocycles. The predicted molar refractivity (Wildman–Crippen MR) is 76.8 cm³/mol. The van der Waals surface area contributed by atoms with Crippen LogP contribution in [0.4, 0.5) is 25.4 Å². The third-order valence-corrected chi connectivity index (χ3v) is 3.60. The fourth-order valence-corrected chi connectivity index (χ4v) is 2.51. The summed E-state index contributed by atoms with van der Waals surface area (Å²) in [5.41, 5.74) is 0.417. The minimum Gasteiger partial charge on any atom is -0.447 e. The van der Waals surface area contributed by atoms with Crippen LogP contribution < -0.4 is 15.1 Å². The topological polar surface area (TPSA) is 88.2 Å². The lowest BCUT2D eigenvalue weighted by Gasteiger charge is -2.17. The predicted octanol–water partition coefficient (Wildman–Crippen LogP) is 0.853. The highest BCUT2D eigenvalue weighted by molar-refractivity contribution is 5.92. The molecule has 0 aliphatic carbocycles. The molecule has 1 unspecified atom stereocenters. The van der Waals surface area contributed by atoms with E-state index in [0.717, 1.165) is 4.90 Å².